The maximum atomic E-state index is 12.1. The van der Waals surface area contributed by atoms with E-state index in [-0.39, 0.29) is 24.2 Å². The molecule has 1 aliphatic heterocycles. The Labute approximate surface area is 112 Å². The first kappa shape index (κ1) is 13.4. The molecule has 1 aromatic rings. The van der Waals surface area contributed by atoms with Gasteiger partial charge in [-0.15, -0.1) is 0 Å². The molecule has 102 valence electrons. The van der Waals surface area contributed by atoms with Crippen LogP contribution in [0.15, 0.2) is 24.3 Å². The van der Waals surface area contributed by atoms with E-state index in [4.69, 9.17) is 5.11 Å². The number of benzene rings is 1. The molecule has 1 heterocycles. The molecule has 0 bridgehead atoms. The lowest BCUT2D eigenvalue weighted by Gasteiger charge is -2.14. The second kappa shape index (κ2) is 5.73. The molecule has 0 radical (unpaired) electrons. The highest BCUT2D eigenvalue weighted by Gasteiger charge is 2.28. The van der Waals surface area contributed by atoms with Gasteiger partial charge in [0.15, 0.2) is 0 Å². The summed E-state index contributed by atoms with van der Waals surface area (Å²) in [7, 11) is 0. The van der Waals surface area contributed by atoms with E-state index in [1.165, 1.54) is 0 Å². The van der Waals surface area contributed by atoms with Crippen molar-refractivity contribution < 1.29 is 14.7 Å². The molecule has 5 heteroatoms. The molecular formula is C14H18N2O3. The van der Waals surface area contributed by atoms with Crippen LogP contribution in [-0.4, -0.2) is 30.1 Å². The Balaban J connectivity index is 1.90. The molecule has 1 aliphatic rings. The summed E-state index contributed by atoms with van der Waals surface area (Å²) in [5, 5.41) is 14.7. The van der Waals surface area contributed by atoms with E-state index in [1.54, 1.807) is 0 Å². The zero-order valence-electron chi connectivity index (χ0n) is 10.8. The largest absolute Gasteiger partial charge is 0.481 e. The Morgan fingerprint density at radius 3 is 2.95 bits per heavy atom. The topological polar surface area (TPSA) is 78.4 Å². The van der Waals surface area contributed by atoms with Crippen molar-refractivity contribution in [3.63, 3.8) is 0 Å². The van der Waals surface area contributed by atoms with Gasteiger partial charge in [-0.05, 0) is 17.5 Å². The Hall–Kier alpha value is -2.04. The Bertz CT molecular complexity index is 487. The van der Waals surface area contributed by atoms with E-state index in [2.05, 4.69) is 10.6 Å². The van der Waals surface area contributed by atoms with Gasteiger partial charge in [0.05, 0.1) is 5.92 Å². The van der Waals surface area contributed by atoms with Crippen molar-refractivity contribution in [2.24, 2.45) is 5.92 Å². The van der Waals surface area contributed by atoms with Crippen LogP contribution in [-0.2, 0) is 9.59 Å². The van der Waals surface area contributed by atoms with Crippen LogP contribution in [0.1, 0.15) is 24.8 Å². The number of carboxylic acids is 1. The Morgan fingerprint density at radius 1 is 1.47 bits per heavy atom. The predicted octanol–water partition coefficient (Wildman–Crippen LogP) is 1.42. The minimum absolute atomic E-state index is 0.0466. The average molecular weight is 262 g/mol. The summed E-state index contributed by atoms with van der Waals surface area (Å²) in [6.07, 6.45) is 0.0692. The van der Waals surface area contributed by atoms with Crippen LogP contribution in [0.2, 0.25) is 0 Å². The van der Waals surface area contributed by atoms with Crippen molar-refractivity contribution >= 4 is 17.6 Å². The minimum Gasteiger partial charge on any atom is -0.481 e. The van der Waals surface area contributed by atoms with Gasteiger partial charge in [0.1, 0.15) is 0 Å². The third kappa shape index (κ3) is 3.24. The van der Waals surface area contributed by atoms with Gasteiger partial charge >= 0.3 is 5.97 Å². The molecular weight excluding hydrogens is 244 g/mol. The number of carbonyl (C=O) groups excluding carboxylic acids is 1. The van der Waals surface area contributed by atoms with Crippen molar-refractivity contribution in [2.45, 2.75) is 19.3 Å². The molecule has 5 nitrogen and oxygen atoms in total. The predicted molar refractivity (Wildman–Crippen MR) is 72.1 cm³/mol. The first-order valence-corrected chi connectivity index (χ1v) is 6.40. The van der Waals surface area contributed by atoms with E-state index in [0.717, 1.165) is 11.3 Å². The Kier molecular flexibility index (Phi) is 4.04. The van der Waals surface area contributed by atoms with E-state index in [0.29, 0.717) is 13.1 Å². The van der Waals surface area contributed by atoms with Crippen LogP contribution in [0.4, 0.5) is 5.69 Å². The summed E-state index contributed by atoms with van der Waals surface area (Å²) in [4.78, 5) is 22.7. The monoisotopic (exact) mass is 262 g/mol. The number of hydrogen-bond acceptors (Lipinski definition) is 3. The van der Waals surface area contributed by atoms with Crippen LogP contribution in [0.3, 0.4) is 0 Å². The number of para-hydroxylation sites is 1. The molecule has 2 atom stereocenters. The fourth-order valence-corrected chi connectivity index (χ4v) is 2.29. The number of amides is 1. The zero-order valence-corrected chi connectivity index (χ0v) is 10.8. The van der Waals surface area contributed by atoms with Crippen molar-refractivity contribution in [3.8, 4) is 0 Å². The summed E-state index contributed by atoms with van der Waals surface area (Å²) in [6, 6.07) is 7.75. The molecule has 0 aromatic heterocycles. The van der Waals surface area contributed by atoms with Crippen molar-refractivity contribution in [3.05, 3.63) is 29.8 Å². The molecule has 19 heavy (non-hydrogen) atoms. The number of aliphatic carboxylic acids is 1. The molecule has 2 unspecified atom stereocenters. The molecule has 0 spiro atoms. The summed E-state index contributed by atoms with van der Waals surface area (Å²) < 4.78 is 0. The molecule has 1 amide bonds. The van der Waals surface area contributed by atoms with E-state index in [1.807, 2.05) is 31.2 Å². The van der Waals surface area contributed by atoms with Gasteiger partial charge in [0.25, 0.3) is 0 Å². The summed E-state index contributed by atoms with van der Waals surface area (Å²) >= 11 is 0. The van der Waals surface area contributed by atoms with Gasteiger partial charge in [0, 0.05) is 25.2 Å². The second-order valence-corrected chi connectivity index (χ2v) is 4.97. The third-order valence-electron chi connectivity index (χ3n) is 3.30. The summed E-state index contributed by atoms with van der Waals surface area (Å²) in [6.45, 7) is 2.80. The van der Waals surface area contributed by atoms with Gasteiger partial charge in [-0.2, -0.15) is 0 Å². The zero-order chi connectivity index (χ0) is 13.8. The van der Waals surface area contributed by atoms with Crippen LogP contribution in [0.25, 0.3) is 0 Å². The number of anilines is 1. The fourth-order valence-electron chi connectivity index (χ4n) is 2.29. The third-order valence-corrected chi connectivity index (χ3v) is 3.30. The highest BCUT2D eigenvalue weighted by molar-refractivity contribution is 5.88. The molecule has 0 aliphatic carbocycles. The molecule has 1 aromatic carbocycles. The van der Waals surface area contributed by atoms with E-state index >= 15 is 0 Å². The number of carboxylic acid groups (broad SMARTS) is 1. The standard InChI is InChI=1S/C14H18N2O3/c1-9(6-13(17)18)7-16-14(19)11-8-15-12-5-3-2-4-10(11)12/h2-5,9,11,15H,6-8H2,1H3,(H,16,19)(H,17,18). The van der Waals surface area contributed by atoms with E-state index < -0.39 is 5.97 Å². The van der Waals surface area contributed by atoms with Gasteiger partial charge in [-0.3, -0.25) is 9.59 Å². The van der Waals surface area contributed by atoms with Crippen molar-refractivity contribution in [1.29, 1.82) is 0 Å². The van der Waals surface area contributed by atoms with Gasteiger partial charge in [-0.25, -0.2) is 0 Å². The van der Waals surface area contributed by atoms with Crippen molar-refractivity contribution in [2.75, 3.05) is 18.4 Å². The first-order chi connectivity index (χ1) is 9.08. The van der Waals surface area contributed by atoms with Crippen molar-refractivity contribution in [1.82, 2.24) is 5.32 Å². The van der Waals surface area contributed by atoms with Crippen LogP contribution in [0, 0.1) is 5.92 Å². The van der Waals surface area contributed by atoms with Crippen LogP contribution >= 0.6 is 0 Å². The highest BCUT2D eigenvalue weighted by Crippen LogP contribution is 2.30. The number of nitrogens with one attached hydrogen (secondary N) is 2. The average Bonchev–Trinajstić information content (AvgIpc) is 2.79. The molecule has 2 rings (SSSR count). The fraction of sp³-hybridized carbons (Fsp3) is 0.429. The number of rotatable bonds is 5. The van der Waals surface area contributed by atoms with Gasteiger partial charge < -0.3 is 15.7 Å². The van der Waals surface area contributed by atoms with Crippen LogP contribution in [0.5, 0.6) is 0 Å². The number of carbonyl (C=O) groups is 2. The lowest BCUT2D eigenvalue weighted by molar-refractivity contribution is -0.138. The maximum Gasteiger partial charge on any atom is 0.303 e. The highest BCUT2D eigenvalue weighted by atomic mass is 16.4. The lowest BCUT2D eigenvalue weighted by atomic mass is 10.00. The minimum atomic E-state index is -0.838. The normalized spacial score (nSPS) is 18.3. The van der Waals surface area contributed by atoms with E-state index in [9.17, 15) is 9.59 Å². The molecule has 0 fully saturated rings. The SMILES string of the molecule is CC(CNC(=O)C1CNc2ccccc21)CC(=O)O. The summed E-state index contributed by atoms with van der Waals surface area (Å²) in [5.74, 6) is -1.14. The quantitative estimate of drug-likeness (QED) is 0.750. The first-order valence-electron chi connectivity index (χ1n) is 6.40. The van der Waals surface area contributed by atoms with Gasteiger partial charge in [0.2, 0.25) is 5.91 Å². The van der Waals surface area contributed by atoms with Crippen LogP contribution < -0.4 is 10.6 Å². The smallest absolute Gasteiger partial charge is 0.303 e. The molecule has 0 saturated heterocycles. The number of fused-ring (bicyclic) bond motifs is 1. The maximum absolute atomic E-state index is 12.1. The summed E-state index contributed by atoms with van der Waals surface area (Å²) in [5.41, 5.74) is 2.01. The molecule has 3 N–H and O–H groups in total. The molecule has 0 saturated carbocycles. The Morgan fingerprint density at radius 2 is 2.21 bits per heavy atom. The lowest BCUT2D eigenvalue weighted by Crippen LogP contribution is -2.34. The number of hydrogen-bond donors (Lipinski definition) is 3. The van der Waals surface area contributed by atoms with Gasteiger partial charge in [-0.1, -0.05) is 25.1 Å². The second-order valence-electron chi connectivity index (χ2n) is 4.97.